The van der Waals surface area contributed by atoms with Gasteiger partial charge in [0, 0.05) is 17.5 Å². The standard InChI is InChI=1S/C12H10N2O2S/c1-16-7-3-2-6-4-9-10(8(6)5-7)13-12(17)14-11(9)15/h2-3,5H,4H2,1H3,(H2,13,14,15,17). The number of aromatic amines is 2. The summed E-state index contributed by atoms with van der Waals surface area (Å²) in [6.45, 7) is 0. The summed E-state index contributed by atoms with van der Waals surface area (Å²) in [5.41, 5.74) is 3.55. The lowest BCUT2D eigenvalue weighted by atomic mass is 10.1. The number of aromatic nitrogens is 2. The average Bonchev–Trinajstić information content (AvgIpc) is 2.67. The van der Waals surface area contributed by atoms with Gasteiger partial charge in [0.05, 0.1) is 12.8 Å². The quantitative estimate of drug-likeness (QED) is 0.646. The van der Waals surface area contributed by atoms with Gasteiger partial charge in [0.15, 0.2) is 4.77 Å². The summed E-state index contributed by atoms with van der Waals surface area (Å²) >= 11 is 4.99. The Bertz CT molecular complexity index is 715. The van der Waals surface area contributed by atoms with Crippen LogP contribution >= 0.6 is 12.2 Å². The third-order valence-electron chi connectivity index (χ3n) is 3.00. The molecule has 0 saturated carbocycles. The molecule has 0 spiro atoms. The van der Waals surface area contributed by atoms with Gasteiger partial charge in [0.2, 0.25) is 0 Å². The number of methoxy groups -OCH3 is 1. The van der Waals surface area contributed by atoms with E-state index in [0.717, 1.165) is 28.1 Å². The van der Waals surface area contributed by atoms with Crippen LogP contribution in [0, 0.1) is 4.77 Å². The Balaban J connectivity index is 2.32. The summed E-state index contributed by atoms with van der Waals surface area (Å²) in [4.78, 5) is 17.4. The smallest absolute Gasteiger partial charge is 0.255 e. The first-order chi connectivity index (χ1) is 8.19. The summed E-state index contributed by atoms with van der Waals surface area (Å²) in [7, 11) is 1.62. The molecule has 0 bridgehead atoms. The van der Waals surface area contributed by atoms with E-state index in [-0.39, 0.29) is 5.56 Å². The fraction of sp³-hybridized carbons (Fsp3) is 0.167. The molecule has 3 rings (SSSR count). The molecule has 0 radical (unpaired) electrons. The minimum absolute atomic E-state index is 0.112. The zero-order chi connectivity index (χ0) is 12.0. The van der Waals surface area contributed by atoms with Crippen molar-refractivity contribution in [1.82, 2.24) is 9.97 Å². The maximum Gasteiger partial charge on any atom is 0.255 e. The van der Waals surface area contributed by atoms with E-state index >= 15 is 0 Å². The molecule has 1 heterocycles. The molecule has 0 fully saturated rings. The Morgan fingerprint density at radius 1 is 1.35 bits per heavy atom. The number of ether oxygens (including phenoxy) is 1. The molecule has 2 N–H and O–H groups in total. The Morgan fingerprint density at radius 3 is 2.94 bits per heavy atom. The van der Waals surface area contributed by atoms with E-state index in [1.54, 1.807) is 7.11 Å². The highest BCUT2D eigenvalue weighted by molar-refractivity contribution is 7.71. The van der Waals surface area contributed by atoms with Crippen molar-refractivity contribution in [3.05, 3.63) is 44.5 Å². The number of benzene rings is 1. The summed E-state index contributed by atoms with van der Waals surface area (Å²) < 4.78 is 5.54. The predicted molar refractivity (Wildman–Crippen MR) is 67.0 cm³/mol. The van der Waals surface area contributed by atoms with Gasteiger partial charge in [-0.05, 0) is 29.9 Å². The molecule has 0 aliphatic heterocycles. The Labute approximate surface area is 102 Å². The normalized spacial score (nSPS) is 12.1. The lowest BCUT2D eigenvalue weighted by Gasteiger charge is -2.04. The van der Waals surface area contributed by atoms with Crippen LogP contribution < -0.4 is 10.3 Å². The van der Waals surface area contributed by atoms with Gasteiger partial charge < -0.3 is 9.72 Å². The van der Waals surface area contributed by atoms with E-state index < -0.39 is 0 Å². The molecule has 0 atom stereocenters. The summed E-state index contributed by atoms with van der Waals surface area (Å²) in [5, 5.41) is 0. The van der Waals surface area contributed by atoms with Crippen molar-refractivity contribution < 1.29 is 4.74 Å². The molecule has 17 heavy (non-hydrogen) atoms. The molecule has 1 aliphatic carbocycles. The van der Waals surface area contributed by atoms with Gasteiger partial charge in [-0.3, -0.25) is 9.78 Å². The molecule has 0 amide bonds. The van der Waals surface area contributed by atoms with Crippen LogP contribution in [-0.4, -0.2) is 17.1 Å². The number of hydrogen-bond acceptors (Lipinski definition) is 3. The van der Waals surface area contributed by atoms with Crippen LogP contribution in [-0.2, 0) is 6.42 Å². The van der Waals surface area contributed by atoms with Crippen molar-refractivity contribution >= 4 is 12.2 Å². The van der Waals surface area contributed by atoms with E-state index in [4.69, 9.17) is 17.0 Å². The maximum absolute atomic E-state index is 11.8. The van der Waals surface area contributed by atoms with Crippen LogP contribution in [0.1, 0.15) is 11.1 Å². The third-order valence-corrected chi connectivity index (χ3v) is 3.20. The van der Waals surface area contributed by atoms with Crippen molar-refractivity contribution in [2.24, 2.45) is 0 Å². The van der Waals surface area contributed by atoms with E-state index in [1.165, 1.54) is 0 Å². The van der Waals surface area contributed by atoms with Crippen molar-refractivity contribution in [1.29, 1.82) is 0 Å². The average molecular weight is 246 g/mol. The van der Waals surface area contributed by atoms with Crippen molar-refractivity contribution in [2.45, 2.75) is 6.42 Å². The van der Waals surface area contributed by atoms with Crippen LogP contribution in [0.15, 0.2) is 23.0 Å². The van der Waals surface area contributed by atoms with Gasteiger partial charge in [-0.2, -0.15) is 0 Å². The third kappa shape index (κ3) is 1.51. The van der Waals surface area contributed by atoms with Crippen LogP contribution in [0.25, 0.3) is 11.3 Å². The summed E-state index contributed by atoms with van der Waals surface area (Å²) in [6.07, 6.45) is 0.635. The summed E-state index contributed by atoms with van der Waals surface area (Å²) in [5.74, 6) is 0.774. The number of fused-ring (bicyclic) bond motifs is 3. The van der Waals surface area contributed by atoms with E-state index in [2.05, 4.69) is 9.97 Å². The molecule has 5 heteroatoms. The van der Waals surface area contributed by atoms with Crippen molar-refractivity contribution in [3.63, 3.8) is 0 Å². The van der Waals surface area contributed by atoms with Crippen molar-refractivity contribution in [3.8, 4) is 17.0 Å². The predicted octanol–water partition coefficient (Wildman–Crippen LogP) is 2.01. The molecule has 86 valence electrons. The zero-order valence-corrected chi connectivity index (χ0v) is 9.98. The van der Waals surface area contributed by atoms with Gasteiger partial charge in [0.1, 0.15) is 5.75 Å². The summed E-state index contributed by atoms with van der Waals surface area (Å²) in [6, 6.07) is 5.80. The molecular formula is C12H10N2O2S. The van der Waals surface area contributed by atoms with Crippen molar-refractivity contribution in [2.75, 3.05) is 7.11 Å². The Morgan fingerprint density at radius 2 is 2.18 bits per heavy atom. The first-order valence-electron chi connectivity index (χ1n) is 5.22. The second-order valence-corrected chi connectivity index (χ2v) is 4.37. The topological polar surface area (TPSA) is 57.9 Å². The van der Waals surface area contributed by atoms with Crippen LogP contribution in [0.4, 0.5) is 0 Å². The SMILES string of the molecule is COc1ccc2c(c1)-c1[nH]c(=S)[nH]c(=O)c1C2. The lowest BCUT2D eigenvalue weighted by Crippen LogP contribution is -2.12. The zero-order valence-electron chi connectivity index (χ0n) is 9.16. The Kier molecular flexibility index (Phi) is 2.16. The highest BCUT2D eigenvalue weighted by Crippen LogP contribution is 2.35. The largest absolute Gasteiger partial charge is 0.497 e. The maximum atomic E-state index is 11.8. The van der Waals surface area contributed by atoms with Crippen LogP contribution in [0.2, 0.25) is 0 Å². The second kappa shape index (κ2) is 3.56. The van der Waals surface area contributed by atoms with Gasteiger partial charge in [-0.1, -0.05) is 6.07 Å². The Hall–Kier alpha value is -1.88. The minimum atomic E-state index is -0.112. The first kappa shape index (κ1) is 10.3. The number of nitrogens with one attached hydrogen (secondary N) is 2. The molecule has 0 unspecified atom stereocenters. The van der Waals surface area contributed by atoms with E-state index in [1.807, 2.05) is 18.2 Å². The van der Waals surface area contributed by atoms with Gasteiger partial charge in [0.25, 0.3) is 5.56 Å². The monoisotopic (exact) mass is 246 g/mol. The van der Waals surface area contributed by atoms with Crippen LogP contribution in [0.5, 0.6) is 5.75 Å². The number of hydrogen-bond donors (Lipinski definition) is 2. The molecule has 1 aromatic heterocycles. The highest BCUT2D eigenvalue weighted by Gasteiger charge is 2.22. The second-order valence-electron chi connectivity index (χ2n) is 3.96. The fourth-order valence-electron chi connectivity index (χ4n) is 2.17. The number of rotatable bonds is 1. The van der Waals surface area contributed by atoms with Gasteiger partial charge in [-0.25, -0.2) is 0 Å². The molecule has 1 aromatic carbocycles. The van der Waals surface area contributed by atoms with E-state index in [9.17, 15) is 4.79 Å². The van der Waals surface area contributed by atoms with Gasteiger partial charge >= 0.3 is 0 Å². The van der Waals surface area contributed by atoms with Crippen LogP contribution in [0.3, 0.4) is 0 Å². The molecular weight excluding hydrogens is 236 g/mol. The molecule has 4 nitrogen and oxygen atoms in total. The highest BCUT2D eigenvalue weighted by atomic mass is 32.1. The molecule has 2 aromatic rings. The lowest BCUT2D eigenvalue weighted by molar-refractivity contribution is 0.415. The molecule has 1 aliphatic rings. The van der Waals surface area contributed by atoms with E-state index in [0.29, 0.717) is 11.2 Å². The fourth-order valence-corrected chi connectivity index (χ4v) is 2.37. The number of H-pyrrole nitrogens is 2. The first-order valence-corrected chi connectivity index (χ1v) is 5.62. The van der Waals surface area contributed by atoms with Gasteiger partial charge in [-0.15, -0.1) is 0 Å². The minimum Gasteiger partial charge on any atom is -0.497 e. The molecule has 0 saturated heterocycles.